The van der Waals surface area contributed by atoms with Crippen molar-refractivity contribution in [3.8, 4) is 0 Å². The molecule has 27 heavy (non-hydrogen) atoms. The quantitative estimate of drug-likeness (QED) is 0.351. The van der Waals surface area contributed by atoms with Crippen LogP contribution in [0.25, 0.3) is 0 Å². The van der Waals surface area contributed by atoms with Crippen LogP contribution in [0.2, 0.25) is 0 Å². The molecule has 0 amide bonds. The second-order valence-corrected chi connectivity index (χ2v) is 8.58. The molecule has 5 heterocycles. The molecule has 1 aromatic heterocycles. The molecule has 2 bridgehead atoms. The molecule has 0 radical (unpaired) electrons. The number of guanidine groups is 1. The second kappa shape index (κ2) is 10.4. The van der Waals surface area contributed by atoms with Crippen LogP contribution >= 0.6 is 35.3 Å². The van der Waals surface area contributed by atoms with Gasteiger partial charge in [0.05, 0.1) is 6.04 Å². The van der Waals surface area contributed by atoms with E-state index < -0.39 is 0 Å². The van der Waals surface area contributed by atoms with Gasteiger partial charge in [0.25, 0.3) is 0 Å². The van der Waals surface area contributed by atoms with Gasteiger partial charge in [-0.1, -0.05) is 6.07 Å². The van der Waals surface area contributed by atoms with Crippen LogP contribution in [0.1, 0.15) is 23.8 Å². The Bertz CT molecular complexity index is 581. The first kappa shape index (κ1) is 21.3. The molecule has 4 saturated heterocycles. The molecule has 2 unspecified atom stereocenters. The van der Waals surface area contributed by atoms with Crippen molar-refractivity contribution in [1.82, 2.24) is 25.3 Å². The van der Waals surface area contributed by atoms with Crippen LogP contribution in [0.4, 0.5) is 0 Å². The minimum absolute atomic E-state index is 0. The van der Waals surface area contributed by atoms with Crippen LogP contribution in [0.15, 0.2) is 22.5 Å². The van der Waals surface area contributed by atoms with E-state index in [1.165, 1.54) is 63.5 Å². The third kappa shape index (κ3) is 5.35. The summed E-state index contributed by atoms with van der Waals surface area (Å²) in [6.07, 6.45) is 2.64. The van der Waals surface area contributed by atoms with Crippen molar-refractivity contribution in [3.05, 3.63) is 22.4 Å². The molecule has 4 aliphatic heterocycles. The fourth-order valence-corrected chi connectivity index (χ4v) is 5.35. The molecule has 0 spiro atoms. The van der Waals surface area contributed by atoms with Gasteiger partial charge in [0, 0.05) is 63.8 Å². The third-order valence-corrected chi connectivity index (χ3v) is 7.01. The first-order valence-electron chi connectivity index (χ1n) is 10.0. The number of aliphatic imine (C=N–C) groups is 1. The fourth-order valence-electron chi connectivity index (χ4n) is 4.49. The Balaban J connectivity index is 0.00000210. The highest BCUT2D eigenvalue weighted by atomic mass is 127. The van der Waals surface area contributed by atoms with Gasteiger partial charge in [-0.3, -0.25) is 19.7 Å². The number of fused-ring (bicyclic) bond motifs is 3. The Labute approximate surface area is 184 Å². The van der Waals surface area contributed by atoms with Crippen LogP contribution < -0.4 is 10.6 Å². The van der Waals surface area contributed by atoms with Crippen molar-refractivity contribution in [2.75, 3.05) is 66.0 Å². The van der Waals surface area contributed by atoms with Crippen LogP contribution in [-0.4, -0.2) is 92.7 Å². The number of rotatable bonds is 6. The lowest BCUT2D eigenvalue weighted by molar-refractivity contribution is 0.0154. The molecule has 2 atom stereocenters. The van der Waals surface area contributed by atoms with E-state index in [1.807, 2.05) is 18.4 Å². The summed E-state index contributed by atoms with van der Waals surface area (Å²) in [6.45, 7) is 10.4. The topological polar surface area (TPSA) is 46.1 Å². The summed E-state index contributed by atoms with van der Waals surface area (Å²) >= 11 is 1.87. The van der Waals surface area contributed by atoms with Crippen LogP contribution in [0.3, 0.4) is 0 Å². The summed E-state index contributed by atoms with van der Waals surface area (Å²) in [7, 11) is 1.88. The molecule has 1 aromatic rings. The Morgan fingerprint density at radius 2 is 1.96 bits per heavy atom. The zero-order valence-electron chi connectivity index (χ0n) is 16.3. The highest BCUT2D eigenvalue weighted by molar-refractivity contribution is 14.0. The van der Waals surface area contributed by atoms with E-state index in [0.717, 1.165) is 19.0 Å². The number of likely N-dealkylation sites (tertiary alicyclic amines) is 1. The fraction of sp³-hybridized carbons (Fsp3) is 0.737. The Morgan fingerprint density at radius 3 is 2.56 bits per heavy atom. The molecule has 4 fully saturated rings. The molecule has 0 aromatic carbocycles. The molecule has 152 valence electrons. The maximum atomic E-state index is 4.46. The van der Waals surface area contributed by atoms with Crippen LogP contribution in [-0.2, 0) is 0 Å². The summed E-state index contributed by atoms with van der Waals surface area (Å²) in [5.41, 5.74) is 0. The van der Waals surface area contributed by atoms with Crippen molar-refractivity contribution < 1.29 is 0 Å². The minimum atomic E-state index is 0. The monoisotopic (exact) mass is 504 g/mol. The average molecular weight is 504 g/mol. The number of nitrogens with zero attached hydrogens (tertiary/aromatic N) is 4. The first-order chi connectivity index (χ1) is 12.8. The van der Waals surface area contributed by atoms with Crippen molar-refractivity contribution in [3.63, 3.8) is 0 Å². The van der Waals surface area contributed by atoms with Gasteiger partial charge in [0.2, 0.25) is 0 Å². The number of thiophene rings is 1. The molecule has 2 N–H and O–H groups in total. The summed E-state index contributed by atoms with van der Waals surface area (Å²) in [5.74, 6) is 0.934. The Hall–Kier alpha value is -0.420. The summed E-state index contributed by atoms with van der Waals surface area (Å²) in [6, 6.07) is 5.50. The zero-order valence-corrected chi connectivity index (χ0v) is 19.4. The molecule has 8 heteroatoms. The second-order valence-electron chi connectivity index (χ2n) is 7.60. The van der Waals surface area contributed by atoms with Crippen molar-refractivity contribution in [1.29, 1.82) is 0 Å². The smallest absolute Gasteiger partial charge is 0.191 e. The van der Waals surface area contributed by atoms with E-state index in [1.54, 1.807) is 0 Å². The first-order valence-corrected chi connectivity index (χ1v) is 10.9. The average Bonchev–Trinajstić information content (AvgIpc) is 3.40. The maximum Gasteiger partial charge on any atom is 0.191 e. The minimum Gasteiger partial charge on any atom is -0.355 e. The lowest BCUT2D eigenvalue weighted by atomic mass is 10.1. The predicted molar refractivity (Wildman–Crippen MR) is 124 cm³/mol. The van der Waals surface area contributed by atoms with Crippen LogP contribution in [0, 0.1) is 0 Å². The standard InChI is InChI=1S/C19H32N6S.HI/c1-20-19(21-13-16-15-23-8-10-24(16)11-9-23)22-14-17(18-5-4-12-26-18)25-6-2-3-7-25;/h4-5,12,16-17H,2-3,6-11,13-15H2,1H3,(H2,20,21,22);1H. The van der Waals surface area contributed by atoms with Gasteiger partial charge in [-0.05, 0) is 37.4 Å². The summed E-state index contributed by atoms with van der Waals surface area (Å²) < 4.78 is 0. The number of piperazine rings is 3. The number of hydrogen-bond donors (Lipinski definition) is 2. The lowest BCUT2D eigenvalue weighted by Gasteiger charge is -2.47. The molecular weight excluding hydrogens is 471 g/mol. The Morgan fingerprint density at radius 1 is 1.19 bits per heavy atom. The zero-order chi connectivity index (χ0) is 17.8. The molecular formula is C19H33IN6S. The Kier molecular flexibility index (Phi) is 8.19. The molecule has 5 rings (SSSR count). The normalized spacial score (nSPS) is 29.4. The van der Waals surface area contributed by atoms with E-state index >= 15 is 0 Å². The van der Waals surface area contributed by atoms with Gasteiger partial charge in [0.1, 0.15) is 0 Å². The van der Waals surface area contributed by atoms with Gasteiger partial charge in [-0.15, -0.1) is 35.3 Å². The van der Waals surface area contributed by atoms with Crippen molar-refractivity contribution in [2.45, 2.75) is 24.9 Å². The van der Waals surface area contributed by atoms with Gasteiger partial charge in [-0.2, -0.15) is 0 Å². The van der Waals surface area contributed by atoms with E-state index in [0.29, 0.717) is 12.1 Å². The predicted octanol–water partition coefficient (Wildman–Crippen LogP) is 1.67. The molecule has 4 aliphatic rings. The third-order valence-electron chi connectivity index (χ3n) is 6.04. The van der Waals surface area contributed by atoms with Gasteiger partial charge >= 0.3 is 0 Å². The number of hydrogen-bond acceptors (Lipinski definition) is 5. The van der Waals surface area contributed by atoms with Crippen molar-refractivity contribution in [2.24, 2.45) is 4.99 Å². The molecule has 0 saturated carbocycles. The highest BCUT2D eigenvalue weighted by Crippen LogP contribution is 2.27. The van der Waals surface area contributed by atoms with Gasteiger partial charge < -0.3 is 10.6 Å². The maximum absolute atomic E-state index is 4.46. The summed E-state index contributed by atoms with van der Waals surface area (Å²) in [4.78, 5) is 13.7. The van der Waals surface area contributed by atoms with E-state index in [-0.39, 0.29) is 24.0 Å². The molecule has 6 nitrogen and oxygen atoms in total. The van der Waals surface area contributed by atoms with E-state index in [9.17, 15) is 0 Å². The van der Waals surface area contributed by atoms with E-state index in [2.05, 4.69) is 47.8 Å². The molecule has 0 aliphatic carbocycles. The van der Waals surface area contributed by atoms with E-state index in [4.69, 9.17) is 0 Å². The van der Waals surface area contributed by atoms with Gasteiger partial charge in [-0.25, -0.2) is 0 Å². The number of nitrogens with one attached hydrogen (secondary N) is 2. The van der Waals surface area contributed by atoms with Gasteiger partial charge in [0.15, 0.2) is 5.96 Å². The highest BCUT2D eigenvalue weighted by Gasteiger charge is 2.31. The number of halogens is 1. The van der Waals surface area contributed by atoms with Crippen molar-refractivity contribution >= 4 is 41.3 Å². The lowest BCUT2D eigenvalue weighted by Crippen LogP contribution is -2.63. The SMILES string of the molecule is CN=C(NCC1CN2CCN1CC2)NCC(c1cccs1)N1CCCC1.I. The van der Waals surface area contributed by atoms with Crippen LogP contribution in [0.5, 0.6) is 0 Å². The largest absolute Gasteiger partial charge is 0.355 e. The summed E-state index contributed by atoms with van der Waals surface area (Å²) in [5, 5.41) is 9.35.